The van der Waals surface area contributed by atoms with Gasteiger partial charge in [0.05, 0.1) is 33.9 Å². The van der Waals surface area contributed by atoms with Gasteiger partial charge >= 0.3 is 0 Å². The van der Waals surface area contributed by atoms with Crippen molar-refractivity contribution in [1.29, 1.82) is 0 Å². The van der Waals surface area contributed by atoms with E-state index in [-0.39, 0.29) is 28.9 Å². The number of non-ortho nitro benzene ring substituents is 1. The molecule has 2 aliphatic heterocycles. The number of hydrogen-bond donors (Lipinski definition) is 1. The highest BCUT2D eigenvalue weighted by Gasteiger charge is 2.42. The normalized spacial score (nSPS) is 23.5. The van der Waals surface area contributed by atoms with Crippen molar-refractivity contribution in [2.75, 3.05) is 24.6 Å². The lowest BCUT2D eigenvalue weighted by molar-refractivity contribution is -0.384. The van der Waals surface area contributed by atoms with Crippen molar-refractivity contribution in [3.05, 3.63) is 45.8 Å². The molecule has 0 saturated carbocycles. The molecule has 2 atom stereocenters. The Morgan fingerprint density at radius 3 is 2.68 bits per heavy atom. The summed E-state index contributed by atoms with van der Waals surface area (Å²) in [6.45, 7) is 3.30. The second kappa shape index (κ2) is 8.35. The summed E-state index contributed by atoms with van der Waals surface area (Å²) in [5.41, 5.74) is 0.786. The van der Waals surface area contributed by atoms with Crippen LogP contribution in [0.1, 0.15) is 35.4 Å². The second-order valence-corrected chi connectivity index (χ2v) is 10.2. The van der Waals surface area contributed by atoms with Gasteiger partial charge in [-0.3, -0.25) is 19.8 Å². The molecule has 12 heteroatoms. The summed E-state index contributed by atoms with van der Waals surface area (Å²) >= 11 is 0. The predicted molar refractivity (Wildman–Crippen MR) is 112 cm³/mol. The summed E-state index contributed by atoms with van der Waals surface area (Å²) in [7, 11) is -3.24. The number of piperidine rings is 1. The summed E-state index contributed by atoms with van der Waals surface area (Å²) in [5.74, 6) is -0.562. The van der Waals surface area contributed by atoms with E-state index in [4.69, 9.17) is 0 Å². The molecule has 11 nitrogen and oxygen atoms in total. The summed E-state index contributed by atoms with van der Waals surface area (Å²) in [6.07, 6.45) is 3.18. The minimum absolute atomic E-state index is 0.0390. The van der Waals surface area contributed by atoms with Gasteiger partial charge in [-0.15, -0.1) is 5.10 Å². The van der Waals surface area contributed by atoms with Crippen molar-refractivity contribution in [3.63, 3.8) is 0 Å². The zero-order valence-corrected chi connectivity index (χ0v) is 17.9. The summed E-state index contributed by atoms with van der Waals surface area (Å²) in [4.78, 5) is 25.6. The number of carbonyl (C=O) groups excluding carboxylic acids is 1. The highest BCUT2D eigenvalue weighted by Crippen LogP contribution is 2.23. The maximum atomic E-state index is 12.9. The van der Waals surface area contributed by atoms with E-state index >= 15 is 0 Å². The molecule has 3 heterocycles. The molecule has 1 aromatic heterocycles. The first-order valence-electron chi connectivity index (χ1n) is 10.2. The number of benzene rings is 1. The van der Waals surface area contributed by atoms with E-state index in [1.807, 2.05) is 0 Å². The minimum Gasteiger partial charge on any atom is -0.345 e. The third kappa shape index (κ3) is 4.44. The van der Waals surface area contributed by atoms with Crippen molar-refractivity contribution < 1.29 is 18.1 Å². The highest BCUT2D eigenvalue weighted by atomic mass is 32.2. The summed E-state index contributed by atoms with van der Waals surface area (Å²) in [6, 6.07) is 5.11. The molecule has 0 spiro atoms. The van der Waals surface area contributed by atoms with Gasteiger partial charge in [0.2, 0.25) is 0 Å². The number of nitrogens with one attached hydrogen (secondary N) is 1. The summed E-state index contributed by atoms with van der Waals surface area (Å²) < 4.78 is 25.9. The summed E-state index contributed by atoms with van der Waals surface area (Å²) in [5, 5.41) is 21.8. The zero-order valence-electron chi connectivity index (χ0n) is 17.1. The lowest BCUT2D eigenvalue weighted by Gasteiger charge is -2.34. The molecule has 2 fully saturated rings. The first-order valence-corrected chi connectivity index (χ1v) is 12.0. The number of nitrogens with zero attached hydrogens (tertiary/aromatic N) is 5. The Bertz CT molecular complexity index is 1110. The quantitative estimate of drug-likeness (QED) is 0.525. The van der Waals surface area contributed by atoms with Crippen LogP contribution in [0, 0.1) is 17.0 Å². The Hall–Kier alpha value is -2.86. The van der Waals surface area contributed by atoms with Gasteiger partial charge in [-0.05, 0) is 38.9 Å². The van der Waals surface area contributed by atoms with Crippen LogP contribution in [0.2, 0.25) is 0 Å². The molecule has 0 bridgehead atoms. The van der Waals surface area contributed by atoms with Crippen LogP contribution in [-0.4, -0.2) is 75.8 Å². The minimum atomic E-state index is -3.24. The van der Waals surface area contributed by atoms with Crippen molar-refractivity contribution in [2.45, 2.75) is 38.3 Å². The molecule has 0 radical (unpaired) electrons. The first-order chi connectivity index (χ1) is 14.7. The molecule has 2 saturated heterocycles. The molecule has 0 aliphatic carbocycles. The lowest BCUT2D eigenvalue weighted by atomic mass is 10.0. The van der Waals surface area contributed by atoms with Crippen LogP contribution in [0.15, 0.2) is 24.3 Å². The van der Waals surface area contributed by atoms with Gasteiger partial charge in [0.15, 0.2) is 15.5 Å². The van der Waals surface area contributed by atoms with Crippen LogP contribution in [0.5, 0.6) is 0 Å². The van der Waals surface area contributed by atoms with E-state index in [1.165, 1.54) is 22.9 Å². The molecule has 1 N–H and O–H groups in total. The maximum Gasteiger partial charge on any atom is 0.274 e. The Morgan fingerprint density at radius 1 is 1.23 bits per heavy atom. The molecule has 2 aromatic rings. The number of likely N-dealkylation sites (tertiary alicyclic amines) is 1. The highest BCUT2D eigenvalue weighted by molar-refractivity contribution is 7.91. The number of hydrogen-bond acceptors (Lipinski definition) is 8. The second-order valence-electron chi connectivity index (χ2n) is 8.03. The van der Waals surface area contributed by atoms with Crippen molar-refractivity contribution in [1.82, 2.24) is 25.2 Å². The molecule has 1 aromatic carbocycles. The average molecular weight is 449 g/mol. The fraction of sp³-hybridized carbons (Fsp3) is 0.526. The van der Waals surface area contributed by atoms with Gasteiger partial charge in [-0.2, -0.15) is 0 Å². The Balaban J connectivity index is 1.55. The van der Waals surface area contributed by atoms with E-state index in [1.54, 1.807) is 13.0 Å². The van der Waals surface area contributed by atoms with Gasteiger partial charge in [0, 0.05) is 18.2 Å². The van der Waals surface area contributed by atoms with E-state index in [0.29, 0.717) is 11.4 Å². The monoisotopic (exact) mass is 448 g/mol. The Kier molecular flexibility index (Phi) is 5.75. The number of amides is 1. The molecule has 1 amide bonds. The molecule has 31 heavy (non-hydrogen) atoms. The Labute approximate surface area is 179 Å². The number of carbonyl (C=O) groups is 1. The fourth-order valence-corrected chi connectivity index (χ4v) is 6.29. The third-order valence-corrected chi connectivity index (χ3v) is 7.61. The predicted octanol–water partition coefficient (Wildman–Crippen LogP) is 0.865. The average Bonchev–Trinajstić information content (AvgIpc) is 3.27. The van der Waals surface area contributed by atoms with Gasteiger partial charge in [0.25, 0.3) is 11.6 Å². The molecule has 2 unspecified atom stereocenters. The smallest absolute Gasteiger partial charge is 0.274 e. The van der Waals surface area contributed by atoms with Crippen LogP contribution in [0.25, 0.3) is 5.69 Å². The van der Waals surface area contributed by atoms with Crippen LogP contribution < -0.4 is 5.32 Å². The molecule has 4 rings (SSSR count). The van der Waals surface area contributed by atoms with Crippen LogP contribution in [0.4, 0.5) is 5.69 Å². The van der Waals surface area contributed by atoms with Crippen molar-refractivity contribution in [3.8, 4) is 5.69 Å². The number of aromatic nitrogens is 3. The largest absolute Gasteiger partial charge is 0.345 e. The first kappa shape index (κ1) is 21.4. The van der Waals surface area contributed by atoms with E-state index in [9.17, 15) is 23.3 Å². The van der Waals surface area contributed by atoms with E-state index in [0.717, 1.165) is 32.4 Å². The molecular formula is C19H24N6O5S. The van der Waals surface area contributed by atoms with Gasteiger partial charge in [-0.25, -0.2) is 13.1 Å². The number of nitro benzene ring substituents is 1. The van der Waals surface area contributed by atoms with Gasteiger partial charge in [0.1, 0.15) is 0 Å². The molecular weight excluding hydrogens is 424 g/mol. The fourth-order valence-electron chi connectivity index (χ4n) is 4.34. The maximum absolute atomic E-state index is 12.9. The van der Waals surface area contributed by atoms with Crippen LogP contribution >= 0.6 is 0 Å². The van der Waals surface area contributed by atoms with Crippen molar-refractivity contribution >= 4 is 21.4 Å². The van der Waals surface area contributed by atoms with Crippen LogP contribution in [0.3, 0.4) is 0 Å². The van der Waals surface area contributed by atoms with Gasteiger partial charge < -0.3 is 5.32 Å². The van der Waals surface area contributed by atoms with Gasteiger partial charge in [-0.1, -0.05) is 17.7 Å². The van der Waals surface area contributed by atoms with E-state index < -0.39 is 26.7 Å². The van der Waals surface area contributed by atoms with E-state index in [2.05, 4.69) is 20.5 Å². The number of rotatable bonds is 5. The Morgan fingerprint density at radius 2 is 1.97 bits per heavy atom. The van der Waals surface area contributed by atoms with Crippen molar-refractivity contribution in [2.24, 2.45) is 0 Å². The SMILES string of the molecule is Cc1c(C(=O)NC2CS(=O)(=O)CC2N2CCCCC2)nnn1-c1cccc([N+](=O)[O-])c1. The topological polar surface area (TPSA) is 140 Å². The standard InChI is InChI=1S/C19H24N6O5S/c1-13-18(21-22-24(13)14-6-5-7-15(10-14)25(27)28)19(26)20-16-11-31(29,30)12-17(16)23-8-3-2-4-9-23/h5-7,10,16-17H,2-4,8-9,11-12H2,1H3,(H,20,26). The zero-order chi connectivity index (χ0) is 22.2. The molecule has 166 valence electrons. The number of nitro groups is 1. The van der Waals surface area contributed by atoms with Crippen LogP contribution in [-0.2, 0) is 9.84 Å². The molecule has 2 aliphatic rings. The number of sulfone groups is 1. The lowest BCUT2D eigenvalue weighted by Crippen LogP contribution is -2.52. The third-order valence-electron chi connectivity index (χ3n) is 5.89.